The molecule has 0 bridgehead atoms. The molecule has 3 nitrogen and oxygen atoms in total. The zero-order valence-electron chi connectivity index (χ0n) is 12.5. The van der Waals surface area contributed by atoms with Gasteiger partial charge in [-0.1, -0.05) is 20.3 Å². The van der Waals surface area contributed by atoms with Gasteiger partial charge in [0.25, 0.3) is 0 Å². The van der Waals surface area contributed by atoms with Gasteiger partial charge in [0.1, 0.15) is 0 Å². The molecule has 0 saturated carbocycles. The molecule has 0 radical (unpaired) electrons. The van der Waals surface area contributed by atoms with Gasteiger partial charge in [0.2, 0.25) is 0 Å². The molecule has 1 N–H and O–H groups in total. The van der Waals surface area contributed by atoms with E-state index in [1.54, 1.807) is 0 Å². The lowest BCUT2D eigenvalue weighted by Gasteiger charge is -2.41. The Labute approximate surface area is 113 Å². The number of nitrogens with zero attached hydrogens (tertiary/aromatic N) is 1. The van der Waals surface area contributed by atoms with Crippen molar-refractivity contribution in [1.82, 2.24) is 4.90 Å². The van der Waals surface area contributed by atoms with E-state index in [0.29, 0.717) is 6.04 Å². The van der Waals surface area contributed by atoms with Gasteiger partial charge in [0.15, 0.2) is 0 Å². The molecule has 1 heterocycles. The first kappa shape index (κ1) is 15.9. The predicted octanol–water partition coefficient (Wildman–Crippen LogP) is 2.68. The third-order valence-corrected chi connectivity index (χ3v) is 4.29. The van der Waals surface area contributed by atoms with Crippen LogP contribution < -0.4 is 0 Å². The summed E-state index contributed by atoms with van der Waals surface area (Å²) < 4.78 is 5.61. The van der Waals surface area contributed by atoms with E-state index in [1.165, 1.54) is 19.3 Å². The Kier molecular flexibility index (Phi) is 7.20. The maximum Gasteiger partial charge on any atom is 0.0556 e. The molecule has 3 heteroatoms. The fourth-order valence-electron chi connectivity index (χ4n) is 2.71. The summed E-state index contributed by atoms with van der Waals surface area (Å²) in [6.45, 7) is 10.7. The van der Waals surface area contributed by atoms with Gasteiger partial charge in [-0.15, -0.1) is 0 Å². The van der Waals surface area contributed by atoms with Gasteiger partial charge in [-0.25, -0.2) is 0 Å². The highest BCUT2D eigenvalue weighted by atomic mass is 16.5. The summed E-state index contributed by atoms with van der Waals surface area (Å²) in [4.78, 5) is 2.55. The third kappa shape index (κ3) is 4.52. The van der Waals surface area contributed by atoms with Crippen molar-refractivity contribution in [2.24, 2.45) is 5.41 Å². The number of ether oxygens (including phenoxy) is 1. The Bertz CT molecular complexity index is 215. The SMILES string of the molecule is CCCCN(CC1(CO)CCCOC1)C(C)CC. The number of hydrogen-bond donors (Lipinski definition) is 1. The summed E-state index contributed by atoms with van der Waals surface area (Å²) in [7, 11) is 0. The molecule has 1 fully saturated rings. The Hall–Kier alpha value is -0.120. The lowest BCUT2D eigenvalue weighted by atomic mass is 9.82. The van der Waals surface area contributed by atoms with Crippen molar-refractivity contribution in [2.75, 3.05) is 32.9 Å². The highest BCUT2D eigenvalue weighted by Gasteiger charge is 2.35. The van der Waals surface area contributed by atoms with E-state index in [2.05, 4.69) is 25.7 Å². The van der Waals surface area contributed by atoms with Gasteiger partial charge in [0.05, 0.1) is 13.2 Å². The second-order valence-corrected chi connectivity index (χ2v) is 5.90. The van der Waals surface area contributed by atoms with Crippen LogP contribution in [0.5, 0.6) is 0 Å². The zero-order chi connectivity index (χ0) is 13.4. The van der Waals surface area contributed by atoms with E-state index < -0.39 is 0 Å². The van der Waals surface area contributed by atoms with Crippen LogP contribution in [0.2, 0.25) is 0 Å². The number of aliphatic hydroxyl groups excluding tert-OH is 1. The largest absolute Gasteiger partial charge is 0.396 e. The first-order chi connectivity index (χ1) is 8.67. The van der Waals surface area contributed by atoms with Crippen LogP contribution >= 0.6 is 0 Å². The Morgan fingerprint density at radius 3 is 2.67 bits per heavy atom. The average molecular weight is 257 g/mol. The van der Waals surface area contributed by atoms with E-state index >= 15 is 0 Å². The second-order valence-electron chi connectivity index (χ2n) is 5.90. The molecule has 0 aromatic rings. The van der Waals surface area contributed by atoms with Crippen LogP contribution in [0.15, 0.2) is 0 Å². The number of aliphatic hydroxyl groups is 1. The van der Waals surface area contributed by atoms with Crippen molar-refractivity contribution in [3.63, 3.8) is 0 Å². The van der Waals surface area contributed by atoms with E-state index in [4.69, 9.17) is 4.74 Å². The standard InChI is InChI=1S/C15H31NO2/c1-4-6-9-16(14(3)5-2)11-15(12-17)8-7-10-18-13-15/h14,17H,4-13H2,1-3H3. The van der Waals surface area contributed by atoms with Crippen LogP contribution in [0.1, 0.15) is 52.9 Å². The predicted molar refractivity (Wildman–Crippen MR) is 75.8 cm³/mol. The lowest BCUT2D eigenvalue weighted by molar-refractivity contribution is -0.0604. The molecule has 2 unspecified atom stereocenters. The fourth-order valence-corrected chi connectivity index (χ4v) is 2.71. The summed E-state index contributed by atoms with van der Waals surface area (Å²) in [6, 6.07) is 0.599. The molecule has 2 atom stereocenters. The molecular weight excluding hydrogens is 226 g/mol. The molecule has 1 rings (SSSR count). The molecule has 108 valence electrons. The minimum atomic E-state index is -0.0184. The number of rotatable bonds is 8. The van der Waals surface area contributed by atoms with Crippen molar-refractivity contribution in [3.8, 4) is 0 Å². The molecule has 1 aliphatic heterocycles. The molecule has 0 amide bonds. The molecule has 0 aromatic heterocycles. The summed E-state index contributed by atoms with van der Waals surface area (Å²) in [5.74, 6) is 0. The van der Waals surface area contributed by atoms with E-state index in [1.807, 2.05) is 0 Å². The molecule has 0 aromatic carbocycles. The van der Waals surface area contributed by atoms with E-state index in [0.717, 1.165) is 39.1 Å². The van der Waals surface area contributed by atoms with Gasteiger partial charge in [0, 0.05) is 24.6 Å². The van der Waals surface area contributed by atoms with Crippen molar-refractivity contribution < 1.29 is 9.84 Å². The molecule has 0 aliphatic carbocycles. The van der Waals surface area contributed by atoms with Crippen LogP contribution in [0.3, 0.4) is 0 Å². The Balaban J connectivity index is 2.60. The summed E-state index contributed by atoms with van der Waals surface area (Å²) in [5, 5.41) is 9.76. The first-order valence-corrected chi connectivity index (χ1v) is 7.60. The summed E-state index contributed by atoms with van der Waals surface area (Å²) in [6.07, 6.45) is 5.83. The van der Waals surface area contributed by atoms with Gasteiger partial charge in [-0.05, 0) is 39.2 Å². The number of unbranched alkanes of at least 4 members (excludes halogenated alkanes) is 1. The molecule has 0 spiro atoms. The zero-order valence-corrected chi connectivity index (χ0v) is 12.5. The van der Waals surface area contributed by atoms with Crippen LogP contribution in [0.25, 0.3) is 0 Å². The van der Waals surface area contributed by atoms with Gasteiger partial charge in [-0.2, -0.15) is 0 Å². The van der Waals surface area contributed by atoms with Gasteiger partial charge in [-0.3, -0.25) is 4.90 Å². The summed E-state index contributed by atoms with van der Waals surface area (Å²) >= 11 is 0. The van der Waals surface area contributed by atoms with Crippen molar-refractivity contribution in [1.29, 1.82) is 0 Å². The Morgan fingerprint density at radius 2 is 2.17 bits per heavy atom. The minimum absolute atomic E-state index is 0.0184. The van der Waals surface area contributed by atoms with Crippen LogP contribution in [-0.4, -0.2) is 49.0 Å². The molecular formula is C15H31NO2. The third-order valence-electron chi connectivity index (χ3n) is 4.29. The average Bonchev–Trinajstić information content (AvgIpc) is 2.43. The van der Waals surface area contributed by atoms with Crippen LogP contribution in [0.4, 0.5) is 0 Å². The lowest BCUT2D eigenvalue weighted by Crippen LogP contribution is -2.48. The van der Waals surface area contributed by atoms with E-state index in [9.17, 15) is 5.11 Å². The number of hydrogen-bond acceptors (Lipinski definition) is 3. The maximum atomic E-state index is 9.76. The van der Waals surface area contributed by atoms with Crippen LogP contribution in [-0.2, 0) is 4.74 Å². The quantitative estimate of drug-likeness (QED) is 0.725. The maximum absolute atomic E-state index is 9.76. The monoisotopic (exact) mass is 257 g/mol. The highest BCUT2D eigenvalue weighted by molar-refractivity contribution is 4.86. The molecule has 18 heavy (non-hydrogen) atoms. The van der Waals surface area contributed by atoms with Crippen molar-refractivity contribution in [2.45, 2.75) is 58.9 Å². The minimum Gasteiger partial charge on any atom is -0.396 e. The van der Waals surface area contributed by atoms with Gasteiger partial charge >= 0.3 is 0 Å². The molecule has 1 saturated heterocycles. The van der Waals surface area contributed by atoms with Crippen LogP contribution in [0, 0.1) is 5.41 Å². The second kappa shape index (κ2) is 8.13. The first-order valence-electron chi connectivity index (χ1n) is 7.60. The molecule has 1 aliphatic rings. The highest BCUT2D eigenvalue weighted by Crippen LogP contribution is 2.30. The normalized spacial score (nSPS) is 26.5. The fraction of sp³-hybridized carbons (Fsp3) is 1.00. The smallest absolute Gasteiger partial charge is 0.0556 e. The van der Waals surface area contributed by atoms with Crippen molar-refractivity contribution >= 4 is 0 Å². The van der Waals surface area contributed by atoms with E-state index in [-0.39, 0.29) is 12.0 Å². The summed E-state index contributed by atoms with van der Waals surface area (Å²) in [5.41, 5.74) is -0.0184. The Morgan fingerprint density at radius 1 is 1.39 bits per heavy atom. The van der Waals surface area contributed by atoms with Crippen molar-refractivity contribution in [3.05, 3.63) is 0 Å². The van der Waals surface area contributed by atoms with Gasteiger partial charge < -0.3 is 9.84 Å². The topological polar surface area (TPSA) is 32.7 Å².